The van der Waals surface area contributed by atoms with E-state index in [1.807, 2.05) is 0 Å². The van der Waals surface area contributed by atoms with Crippen molar-refractivity contribution in [1.82, 2.24) is 0 Å². The van der Waals surface area contributed by atoms with Crippen LogP contribution in [0.4, 0.5) is 0 Å². The standard InChI is InChI=1S/C21H22O9/c1-10(23)12-7-8-13(15(17(12)25)16(24)11-5-3-2-4-6-11)29-21-20(28)19(27)18(26)14(9-22)30-21/h2-8,14,18-22,25-28H,9H2,1H3/t14-,18+,19+,20-,21-/m1/s1. The predicted octanol–water partition coefficient (Wildman–Crippen LogP) is 0.00450. The average molecular weight is 418 g/mol. The summed E-state index contributed by atoms with van der Waals surface area (Å²) in [5, 5.41) is 50.0. The zero-order valence-electron chi connectivity index (χ0n) is 16.0. The third kappa shape index (κ3) is 4.07. The smallest absolute Gasteiger partial charge is 0.229 e. The van der Waals surface area contributed by atoms with Crippen LogP contribution >= 0.6 is 0 Å². The summed E-state index contributed by atoms with van der Waals surface area (Å²) in [7, 11) is 0. The van der Waals surface area contributed by atoms with Crippen LogP contribution < -0.4 is 4.74 Å². The molecule has 0 unspecified atom stereocenters. The van der Waals surface area contributed by atoms with E-state index in [-0.39, 0.29) is 22.4 Å². The van der Waals surface area contributed by atoms with Crippen LogP contribution in [-0.4, -0.2) is 74.4 Å². The third-order valence-corrected chi connectivity index (χ3v) is 4.87. The van der Waals surface area contributed by atoms with Crippen molar-refractivity contribution in [2.24, 2.45) is 0 Å². The summed E-state index contributed by atoms with van der Waals surface area (Å²) < 4.78 is 10.9. The second kappa shape index (κ2) is 8.90. The average Bonchev–Trinajstić information content (AvgIpc) is 2.74. The number of ether oxygens (including phenoxy) is 2. The number of aromatic hydroxyl groups is 1. The Morgan fingerprint density at radius 3 is 2.27 bits per heavy atom. The minimum atomic E-state index is -1.71. The zero-order chi connectivity index (χ0) is 22.0. The van der Waals surface area contributed by atoms with Crippen LogP contribution in [-0.2, 0) is 4.74 Å². The SMILES string of the molecule is CC(=O)c1ccc(O[C@@H]2O[C@H](CO)[C@H](O)[C@H](O)[C@H]2O)c(C(=O)c2ccccc2)c1O. The van der Waals surface area contributed by atoms with Crippen molar-refractivity contribution in [2.75, 3.05) is 6.61 Å². The molecule has 1 heterocycles. The Labute approximate surface area is 171 Å². The first kappa shape index (κ1) is 21.9. The number of aliphatic hydroxyl groups excluding tert-OH is 4. The number of benzene rings is 2. The van der Waals surface area contributed by atoms with Crippen molar-refractivity contribution in [3.8, 4) is 11.5 Å². The number of hydrogen-bond donors (Lipinski definition) is 5. The number of phenols is 1. The van der Waals surface area contributed by atoms with Gasteiger partial charge in [-0.15, -0.1) is 0 Å². The molecule has 2 aromatic rings. The van der Waals surface area contributed by atoms with Gasteiger partial charge in [-0.25, -0.2) is 0 Å². The predicted molar refractivity (Wildman–Crippen MR) is 102 cm³/mol. The fourth-order valence-electron chi connectivity index (χ4n) is 3.20. The monoisotopic (exact) mass is 418 g/mol. The molecule has 1 aliphatic heterocycles. The lowest BCUT2D eigenvalue weighted by molar-refractivity contribution is -0.277. The second-order valence-corrected chi connectivity index (χ2v) is 6.90. The van der Waals surface area contributed by atoms with Gasteiger partial charge in [0.25, 0.3) is 0 Å². The number of aliphatic hydroxyl groups is 4. The maximum Gasteiger partial charge on any atom is 0.229 e. The van der Waals surface area contributed by atoms with Crippen molar-refractivity contribution in [3.63, 3.8) is 0 Å². The largest absolute Gasteiger partial charge is 0.506 e. The lowest BCUT2D eigenvalue weighted by atomic mass is 9.97. The molecule has 3 rings (SSSR count). The number of ketones is 2. The van der Waals surface area contributed by atoms with Crippen molar-refractivity contribution in [1.29, 1.82) is 0 Å². The first-order valence-corrected chi connectivity index (χ1v) is 9.20. The molecule has 160 valence electrons. The van der Waals surface area contributed by atoms with Crippen molar-refractivity contribution < 1.29 is 44.6 Å². The Morgan fingerprint density at radius 2 is 1.67 bits per heavy atom. The molecule has 2 aromatic carbocycles. The summed E-state index contributed by atoms with van der Waals surface area (Å²) in [5.41, 5.74) is -0.214. The van der Waals surface area contributed by atoms with E-state index in [9.17, 15) is 35.1 Å². The summed E-state index contributed by atoms with van der Waals surface area (Å²) in [6.07, 6.45) is -7.75. The summed E-state index contributed by atoms with van der Waals surface area (Å²) in [5.74, 6) is -1.93. The van der Waals surface area contributed by atoms with E-state index in [0.717, 1.165) is 0 Å². The van der Waals surface area contributed by atoms with Gasteiger partial charge < -0.3 is 35.0 Å². The molecule has 0 amide bonds. The Hall–Kier alpha value is -2.82. The van der Waals surface area contributed by atoms with Gasteiger partial charge in [0.15, 0.2) is 5.78 Å². The van der Waals surface area contributed by atoms with Crippen molar-refractivity contribution >= 4 is 11.6 Å². The molecule has 1 fully saturated rings. The topological polar surface area (TPSA) is 154 Å². The van der Waals surface area contributed by atoms with E-state index in [0.29, 0.717) is 0 Å². The Morgan fingerprint density at radius 1 is 1.00 bits per heavy atom. The minimum absolute atomic E-state index is 0.101. The highest BCUT2D eigenvalue weighted by Crippen LogP contribution is 2.35. The number of hydrogen-bond acceptors (Lipinski definition) is 9. The highest BCUT2D eigenvalue weighted by Gasteiger charge is 2.45. The lowest BCUT2D eigenvalue weighted by Gasteiger charge is -2.39. The van der Waals surface area contributed by atoms with Crippen LogP contribution in [0.2, 0.25) is 0 Å². The summed E-state index contributed by atoms with van der Waals surface area (Å²) in [4.78, 5) is 24.9. The van der Waals surface area contributed by atoms with Gasteiger partial charge in [0.2, 0.25) is 12.1 Å². The van der Waals surface area contributed by atoms with Crippen LogP contribution in [0, 0.1) is 0 Å². The molecule has 0 saturated carbocycles. The summed E-state index contributed by atoms with van der Waals surface area (Å²) in [6.45, 7) is 0.569. The number of carbonyl (C=O) groups is 2. The first-order chi connectivity index (χ1) is 14.3. The molecule has 9 heteroatoms. The fraction of sp³-hybridized carbons (Fsp3) is 0.333. The van der Waals surface area contributed by atoms with Crippen molar-refractivity contribution in [3.05, 3.63) is 59.2 Å². The van der Waals surface area contributed by atoms with Gasteiger partial charge >= 0.3 is 0 Å². The molecule has 0 aliphatic carbocycles. The van der Waals surface area contributed by atoms with Gasteiger partial charge in [-0.2, -0.15) is 0 Å². The number of Topliss-reactive ketones (excluding diaryl/α,β-unsaturated/α-hetero) is 1. The molecule has 5 N–H and O–H groups in total. The number of carbonyl (C=O) groups excluding carboxylic acids is 2. The molecule has 0 spiro atoms. The molecule has 1 aliphatic rings. The van der Waals surface area contributed by atoms with Crippen LogP contribution in [0.15, 0.2) is 42.5 Å². The lowest BCUT2D eigenvalue weighted by Crippen LogP contribution is -2.60. The first-order valence-electron chi connectivity index (χ1n) is 9.20. The van der Waals surface area contributed by atoms with Gasteiger partial charge in [-0.3, -0.25) is 9.59 Å². The van der Waals surface area contributed by atoms with E-state index >= 15 is 0 Å². The Kier molecular flexibility index (Phi) is 6.49. The zero-order valence-corrected chi connectivity index (χ0v) is 16.0. The molecule has 9 nitrogen and oxygen atoms in total. The molecule has 30 heavy (non-hydrogen) atoms. The van der Waals surface area contributed by atoms with E-state index in [1.54, 1.807) is 18.2 Å². The van der Waals surface area contributed by atoms with E-state index < -0.39 is 54.6 Å². The third-order valence-electron chi connectivity index (χ3n) is 4.87. The summed E-state index contributed by atoms with van der Waals surface area (Å²) >= 11 is 0. The Bertz CT molecular complexity index is 926. The molecule has 0 aromatic heterocycles. The maximum atomic E-state index is 13.0. The number of rotatable bonds is 6. The molecule has 5 atom stereocenters. The Balaban J connectivity index is 2.03. The van der Waals surface area contributed by atoms with Crippen LogP contribution in [0.25, 0.3) is 0 Å². The highest BCUT2D eigenvalue weighted by molar-refractivity contribution is 6.14. The molecule has 0 bridgehead atoms. The second-order valence-electron chi connectivity index (χ2n) is 6.90. The van der Waals surface area contributed by atoms with Gasteiger partial charge in [0, 0.05) is 5.56 Å². The molecular weight excluding hydrogens is 396 g/mol. The molecule has 1 saturated heterocycles. The van der Waals surface area contributed by atoms with Gasteiger partial charge in [0.1, 0.15) is 41.5 Å². The van der Waals surface area contributed by atoms with E-state index in [2.05, 4.69) is 0 Å². The highest BCUT2D eigenvalue weighted by atomic mass is 16.7. The van der Waals surface area contributed by atoms with Crippen LogP contribution in [0.5, 0.6) is 11.5 Å². The number of phenolic OH excluding ortho intramolecular Hbond substituents is 1. The van der Waals surface area contributed by atoms with Crippen LogP contribution in [0.1, 0.15) is 33.2 Å². The fourth-order valence-corrected chi connectivity index (χ4v) is 3.20. The van der Waals surface area contributed by atoms with Gasteiger partial charge in [-0.05, 0) is 19.1 Å². The maximum absolute atomic E-state index is 13.0. The van der Waals surface area contributed by atoms with Gasteiger partial charge in [0.05, 0.1) is 12.2 Å². The van der Waals surface area contributed by atoms with Gasteiger partial charge in [-0.1, -0.05) is 30.3 Å². The van der Waals surface area contributed by atoms with Crippen molar-refractivity contribution in [2.45, 2.75) is 37.6 Å². The van der Waals surface area contributed by atoms with E-state index in [4.69, 9.17) is 9.47 Å². The van der Waals surface area contributed by atoms with E-state index in [1.165, 1.54) is 31.2 Å². The molecular formula is C21H22O9. The normalized spacial score (nSPS) is 26.2. The summed E-state index contributed by atoms with van der Waals surface area (Å²) in [6, 6.07) is 10.5. The minimum Gasteiger partial charge on any atom is -0.506 e. The van der Waals surface area contributed by atoms with Crippen LogP contribution in [0.3, 0.4) is 0 Å². The quantitative estimate of drug-likeness (QED) is 0.408. The molecule has 0 radical (unpaired) electrons.